The Hall–Kier alpha value is -2.99. The van der Waals surface area contributed by atoms with Crippen LogP contribution in [-0.2, 0) is 24.3 Å². The lowest BCUT2D eigenvalue weighted by Gasteiger charge is -2.11. The quantitative estimate of drug-likeness (QED) is 0.534. The molecule has 4 aromatic rings. The van der Waals surface area contributed by atoms with E-state index in [-0.39, 0.29) is 5.91 Å². The highest BCUT2D eigenvalue weighted by Gasteiger charge is 2.08. The van der Waals surface area contributed by atoms with E-state index in [9.17, 15) is 4.79 Å². The molecule has 0 aliphatic heterocycles. The van der Waals surface area contributed by atoms with Gasteiger partial charge >= 0.3 is 0 Å². The Bertz CT molecular complexity index is 1010. The predicted octanol–water partition coefficient (Wildman–Crippen LogP) is 3.79. The number of carbonyl (C=O) groups is 1. The van der Waals surface area contributed by atoms with Gasteiger partial charge in [-0.15, -0.1) is 11.3 Å². The van der Waals surface area contributed by atoms with Crippen LogP contribution >= 0.6 is 11.3 Å². The second kappa shape index (κ2) is 8.14. The van der Waals surface area contributed by atoms with E-state index in [2.05, 4.69) is 27.5 Å². The van der Waals surface area contributed by atoms with Crippen molar-refractivity contribution in [1.82, 2.24) is 20.1 Å². The molecule has 0 saturated carbocycles. The lowest BCUT2D eigenvalue weighted by molar-refractivity contribution is -0.121. The van der Waals surface area contributed by atoms with E-state index in [1.165, 1.54) is 4.70 Å². The van der Waals surface area contributed by atoms with Crippen LogP contribution < -0.4 is 5.32 Å². The number of fused-ring (bicyclic) bond motifs is 1. The zero-order valence-corrected chi connectivity index (χ0v) is 15.7. The summed E-state index contributed by atoms with van der Waals surface area (Å²) in [5.74, 6) is 0.0446. The molecule has 0 aliphatic carbocycles. The minimum Gasteiger partial charge on any atom is -0.352 e. The molecule has 1 amide bonds. The molecule has 0 fully saturated rings. The van der Waals surface area contributed by atoms with Crippen LogP contribution in [0, 0.1) is 0 Å². The van der Waals surface area contributed by atoms with Crippen molar-refractivity contribution in [3.8, 4) is 0 Å². The minimum atomic E-state index is 0.0446. The average Bonchev–Trinajstić information content (AvgIpc) is 3.34. The molecule has 27 heavy (non-hydrogen) atoms. The van der Waals surface area contributed by atoms with Gasteiger partial charge < -0.3 is 5.32 Å². The number of para-hydroxylation sites is 1. The molecule has 1 N–H and O–H groups in total. The second-order valence-electron chi connectivity index (χ2n) is 6.32. The number of nitrogens with zero attached hydrogens (tertiary/aromatic N) is 3. The molecule has 0 radical (unpaired) electrons. The maximum Gasteiger partial charge on any atom is 0.220 e. The van der Waals surface area contributed by atoms with Crippen molar-refractivity contribution < 1.29 is 4.79 Å². The smallest absolute Gasteiger partial charge is 0.220 e. The second-order valence-corrected chi connectivity index (χ2v) is 7.44. The summed E-state index contributed by atoms with van der Waals surface area (Å²) in [6.45, 7) is 1.22. The molecule has 2 heterocycles. The summed E-state index contributed by atoms with van der Waals surface area (Å²) in [4.78, 5) is 16.9. The SMILES string of the molecule is O=C(CCc1nc2ccccc2s1)NCc1ccccc1Cn1cccn1. The maximum atomic E-state index is 12.3. The average molecular weight is 376 g/mol. The number of amides is 1. The Kier molecular flexibility index (Phi) is 5.25. The minimum absolute atomic E-state index is 0.0446. The fourth-order valence-electron chi connectivity index (χ4n) is 2.98. The van der Waals surface area contributed by atoms with Crippen LogP contribution in [0.15, 0.2) is 67.0 Å². The largest absolute Gasteiger partial charge is 0.352 e. The van der Waals surface area contributed by atoms with Crippen LogP contribution in [0.25, 0.3) is 10.2 Å². The van der Waals surface area contributed by atoms with Gasteiger partial charge in [0.1, 0.15) is 0 Å². The first-order valence-electron chi connectivity index (χ1n) is 8.93. The van der Waals surface area contributed by atoms with Gasteiger partial charge in [0, 0.05) is 31.8 Å². The fraction of sp³-hybridized carbons (Fsp3) is 0.190. The molecule has 0 atom stereocenters. The highest BCUT2D eigenvalue weighted by Crippen LogP contribution is 2.22. The van der Waals surface area contributed by atoms with E-state index in [4.69, 9.17) is 0 Å². The van der Waals surface area contributed by atoms with Gasteiger partial charge in [0.25, 0.3) is 0 Å². The van der Waals surface area contributed by atoms with Gasteiger partial charge in [0.2, 0.25) is 5.91 Å². The Balaban J connectivity index is 1.32. The monoisotopic (exact) mass is 376 g/mol. The topological polar surface area (TPSA) is 59.8 Å². The van der Waals surface area contributed by atoms with Crippen molar-refractivity contribution in [1.29, 1.82) is 0 Å². The Morgan fingerprint density at radius 3 is 2.67 bits per heavy atom. The lowest BCUT2D eigenvalue weighted by Crippen LogP contribution is -2.23. The van der Waals surface area contributed by atoms with Crippen molar-refractivity contribution in [2.75, 3.05) is 0 Å². The molecule has 136 valence electrons. The number of thiazole rings is 1. The van der Waals surface area contributed by atoms with E-state index in [0.717, 1.165) is 21.7 Å². The summed E-state index contributed by atoms with van der Waals surface area (Å²) < 4.78 is 3.05. The number of hydrogen-bond acceptors (Lipinski definition) is 4. The molecule has 5 nitrogen and oxygen atoms in total. The first-order valence-corrected chi connectivity index (χ1v) is 9.75. The lowest BCUT2D eigenvalue weighted by atomic mass is 10.1. The highest BCUT2D eigenvalue weighted by molar-refractivity contribution is 7.18. The number of carbonyl (C=O) groups excluding carboxylic acids is 1. The molecular formula is C21H20N4OS. The number of aryl methyl sites for hydroxylation is 1. The van der Waals surface area contributed by atoms with Gasteiger partial charge in [-0.05, 0) is 29.3 Å². The number of benzene rings is 2. The predicted molar refractivity (Wildman–Crippen MR) is 108 cm³/mol. The van der Waals surface area contributed by atoms with Gasteiger partial charge in [-0.3, -0.25) is 9.48 Å². The Morgan fingerprint density at radius 2 is 1.85 bits per heavy atom. The van der Waals surface area contributed by atoms with Crippen molar-refractivity contribution in [3.63, 3.8) is 0 Å². The number of nitrogens with one attached hydrogen (secondary N) is 1. The summed E-state index contributed by atoms with van der Waals surface area (Å²) in [5.41, 5.74) is 3.28. The normalized spacial score (nSPS) is 11.0. The summed E-state index contributed by atoms with van der Waals surface area (Å²) in [5, 5.41) is 8.29. The molecule has 0 unspecified atom stereocenters. The fourth-order valence-corrected chi connectivity index (χ4v) is 3.95. The highest BCUT2D eigenvalue weighted by atomic mass is 32.1. The molecule has 0 spiro atoms. The van der Waals surface area contributed by atoms with Crippen LogP contribution in [0.5, 0.6) is 0 Å². The van der Waals surface area contributed by atoms with Crippen LogP contribution in [0.3, 0.4) is 0 Å². The molecule has 0 bridgehead atoms. The van der Waals surface area contributed by atoms with Crippen molar-refractivity contribution in [2.24, 2.45) is 0 Å². The third kappa shape index (κ3) is 4.41. The molecule has 0 saturated heterocycles. The van der Waals surface area contributed by atoms with Gasteiger partial charge in [-0.1, -0.05) is 36.4 Å². The van der Waals surface area contributed by atoms with E-state index >= 15 is 0 Å². The van der Waals surface area contributed by atoms with Gasteiger partial charge in [0.15, 0.2) is 0 Å². The maximum absolute atomic E-state index is 12.3. The van der Waals surface area contributed by atoms with Crippen molar-refractivity contribution in [3.05, 3.63) is 83.1 Å². The van der Waals surface area contributed by atoms with E-state index in [0.29, 0.717) is 25.9 Å². The zero-order valence-electron chi connectivity index (χ0n) is 14.8. The van der Waals surface area contributed by atoms with Crippen molar-refractivity contribution >= 4 is 27.5 Å². The Labute approximate surface area is 161 Å². The third-order valence-electron chi connectivity index (χ3n) is 4.39. The first kappa shape index (κ1) is 17.4. The molecule has 4 rings (SSSR count). The summed E-state index contributed by atoms with van der Waals surface area (Å²) >= 11 is 1.66. The number of hydrogen-bond donors (Lipinski definition) is 1. The third-order valence-corrected chi connectivity index (χ3v) is 5.49. The van der Waals surface area contributed by atoms with Crippen LogP contribution in [0.1, 0.15) is 22.6 Å². The molecule has 0 aliphatic rings. The molecule has 2 aromatic heterocycles. The van der Waals surface area contributed by atoms with Gasteiger partial charge in [0.05, 0.1) is 21.8 Å². The van der Waals surface area contributed by atoms with Crippen molar-refractivity contribution in [2.45, 2.75) is 25.9 Å². The zero-order chi connectivity index (χ0) is 18.5. The number of aromatic nitrogens is 3. The standard InChI is InChI=1S/C21H20N4OS/c26-20(10-11-21-24-18-8-3-4-9-19(18)27-21)22-14-16-6-1-2-7-17(16)15-25-13-5-12-23-25/h1-9,12-13H,10-11,14-15H2,(H,22,26). The van der Waals surface area contributed by atoms with Crippen LogP contribution in [0.4, 0.5) is 0 Å². The summed E-state index contributed by atoms with van der Waals surface area (Å²) in [6, 6.07) is 18.1. The first-order chi connectivity index (χ1) is 13.3. The molecule has 6 heteroatoms. The van der Waals surface area contributed by atoms with E-state index < -0.39 is 0 Å². The summed E-state index contributed by atoms with van der Waals surface area (Å²) in [7, 11) is 0. The van der Waals surface area contributed by atoms with E-state index in [1.54, 1.807) is 17.5 Å². The van der Waals surface area contributed by atoms with Crippen LogP contribution in [-0.4, -0.2) is 20.7 Å². The van der Waals surface area contributed by atoms with Gasteiger partial charge in [-0.2, -0.15) is 5.10 Å². The summed E-state index contributed by atoms with van der Waals surface area (Å²) in [6.07, 6.45) is 4.82. The molecular weight excluding hydrogens is 356 g/mol. The molecule has 2 aromatic carbocycles. The number of rotatable bonds is 7. The van der Waals surface area contributed by atoms with Crippen LogP contribution in [0.2, 0.25) is 0 Å². The van der Waals surface area contributed by atoms with Gasteiger partial charge in [-0.25, -0.2) is 4.98 Å². The Morgan fingerprint density at radius 1 is 1.04 bits per heavy atom. The van der Waals surface area contributed by atoms with E-state index in [1.807, 2.05) is 53.3 Å².